The molecule has 1 aliphatic heterocycles. The Kier molecular flexibility index (Phi) is 5.40. The van der Waals surface area contributed by atoms with E-state index in [9.17, 15) is 9.59 Å². The van der Waals surface area contributed by atoms with Gasteiger partial charge in [-0.25, -0.2) is 4.98 Å². The number of aromatic nitrogens is 1. The van der Waals surface area contributed by atoms with E-state index in [4.69, 9.17) is 13.9 Å². The Labute approximate surface area is 151 Å². The highest BCUT2D eigenvalue weighted by Crippen LogP contribution is 2.18. The van der Waals surface area contributed by atoms with Crippen LogP contribution < -0.4 is 14.8 Å². The molecule has 2 amide bonds. The minimum absolute atomic E-state index is 0.0547. The minimum Gasteiger partial charge on any atom is -0.497 e. The van der Waals surface area contributed by atoms with E-state index in [2.05, 4.69) is 10.3 Å². The quantitative estimate of drug-likeness (QED) is 0.872. The van der Waals surface area contributed by atoms with E-state index in [1.807, 2.05) is 6.92 Å². The number of carbonyl (C=O) groups is 2. The first-order chi connectivity index (χ1) is 12.6. The molecule has 1 saturated heterocycles. The molecule has 1 aliphatic rings. The van der Waals surface area contributed by atoms with E-state index in [1.165, 1.54) is 6.26 Å². The van der Waals surface area contributed by atoms with E-state index in [0.29, 0.717) is 24.7 Å². The molecule has 0 bridgehead atoms. The number of benzene rings is 1. The van der Waals surface area contributed by atoms with Gasteiger partial charge in [0.1, 0.15) is 17.8 Å². The molecule has 1 N–H and O–H groups in total. The molecule has 0 unspecified atom stereocenters. The molecule has 138 valence electrons. The predicted octanol–water partition coefficient (Wildman–Crippen LogP) is 1.61. The lowest BCUT2D eigenvalue weighted by Crippen LogP contribution is -2.42. The topological polar surface area (TPSA) is 93.9 Å². The molecule has 1 aromatic carbocycles. The number of nitrogens with zero attached hydrogens (tertiary/aromatic N) is 2. The highest BCUT2D eigenvalue weighted by molar-refractivity contribution is 5.92. The van der Waals surface area contributed by atoms with Crippen LogP contribution in [0.1, 0.15) is 29.7 Å². The number of hydrogen-bond donors (Lipinski definition) is 1. The summed E-state index contributed by atoms with van der Waals surface area (Å²) < 4.78 is 16.0. The number of carbonyl (C=O) groups excluding carboxylic acids is 2. The molecule has 0 aliphatic carbocycles. The maximum atomic E-state index is 12.6. The Hall–Kier alpha value is -3.03. The van der Waals surface area contributed by atoms with Crippen LogP contribution in [0.3, 0.4) is 0 Å². The Bertz CT molecular complexity index is 771. The average Bonchev–Trinajstić information content (AvgIpc) is 3.07. The average molecular weight is 359 g/mol. The van der Waals surface area contributed by atoms with Gasteiger partial charge in [0.05, 0.1) is 7.11 Å². The monoisotopic (exact) mass is 359 g/mol. The van der Waals surface area contributed by atoms with Gasteiger partial charge in [0, 0.05) is 25.6 Å². The van der Waals surface area contributed by atoms with Crippen molar-refractivity contribution in [1.82, 2.24) is 15.2 Å². The lowest BCUT2D eigenvalue weighted by molar-refractivity contribution is -0.120. The number of rotatable bonds is 5. The third-order valence-corrected chi connectivity index (χ3v) is 4.16. The fraction of sp³-hybridized carbons (Fsp3) is 0.389. The van der Waals surface area contributed by atoms with Crippen LogP contribution in [-0.2, 0) is 11.4 Å². The Balaban J connectivity index is 1.61. The standard InChI is InChI=1S/C18H21N3O5/c1-12-9-19-16(22)7-8-21(12)18(23)15-10-26-17(20-15)11-25-14-5-3-13(24-2)4-6-14/h3-6,10,12H,7-9,11H2,1-2H3,(H,19,22)/t12-/m1/s1. The van der Waals surface area contributed by atoms with E-state index in [-0.39, 0.29) is 36.6 Å². The van der Waals surface area contributed by atoms with Crippen molar-refractivity contribution in [2.45, 2.75) is 26.0 Å². The molecule has 2 heterocycles. The number of oxazole rings is 1. The molecule has 8 nitrogen and oxygen atoms in total. The van der Waals surface area contributed by atoms with Crippen LogP contribution >= 0.6 is 0 Å². The van der Waals surface area contributed by atoms with E-state index < -0.39 is 0 Å². The third kappa shape index (κ3) is 4.14. The fourth-order valence-corrected chi connectivity index (χ4v) is 2.64. The molecule has 1 atom stereocenters. The number of ether oxygens (including phenoxy) is 2. The first kappa shape index (κ1) is 17.8. The van der Waals surface area contributed by atoms with Crippen molar-refractivity contribution in [2.75, 3.05) is 20.2 Å². The normalized spacial score (nSPS) is 17.4. The number of methoxy groups -OCH3 is 1. The second kappa shape index (κ2) is 7.90. The lowest BCUT2D eigenvalue weighted by Gasteiger charge is -2.25. The van der Waals surface area contributed by atoms with Crippen LogP contribution in [0.4, 0.5) is 0 Å². The van der Waals surface area contributed by atoms with Crippen LogP contribution in [0, 0.1) is 0 Å². The van der Waals surface area contributed by atoms with Gasteiger partial charge < -0.3 is 24.1 Å². The first-order valence-electron chi connectivity index (χ1n) is 8.35. The van der Waals surface area contributed by atoms with Crippen LogP contribution in [0.5, 0.6) is 11.5 Å². The molecule has 8 heteroatoms. The van der Waals surface area contributed by atoms with Crippen molar-refractivity contribution in [3.63, 3.8) is 0 Å². The van der Waals surface area contributed by atoms with E-state index in [1.54, 1.807) is 36.3 Å². The molecular weight excluding hydrogens is 338 g/mol. The van der Waals surface area contributed by atoms with Crippen molar-refractivity contribution >= 4 is 11.8 Å². The Morgan fingerprint density at radius 3 is 2.81 bits per heavy atom. The van der Waals surface area contributed by atoms with E-state index >= 15 is 0 Å². The summed E-state index contributed by atoms with van der Waals surface area (Å²) in [6.45, 7) is 2.78. The predicted molar refractivity (Wildman–Crippen MR) is 92.0 cm³/mol. The molecule has 0 spiro atoms. The zero-order valence-electron chi connectivity index (χ0n) is 14.7. The smallest absolute Gasteiger partial charge is 0.276 e. The second-order valence-electron chi connectivity index (χ2n) is 5.99. The highest BCUT2D eigenvalue weighted by Gasteiger charge is 2.27. The molecule has 0 radical (unpaired) electrons. The SMILES string of the molecule is COc1ccc(OCc2nc(C(=O)N3CCC(=O)NC[C@H]3C)co2)cc1. The van der Waals surface area contributed by atoms with Gasteiger partial charge in [0.25, 0.3) is 5.91 Å². The van der Waals surface area contributed by atoms with Crippen LogP contribution in [0.2, 0.25) is 0 Å². The summed E-state index contributed by atoms with van der Waals surface area (Å²) >= 11 is 0. The van der Waals surface area contributed by atoms with Crippen molar-refractivity contribution < 1.29 is 23.5 Å². The van der Waals surface area contributed by atoms with Gasteiger partial charge in [-0.15, -0.1) is 0 Å². The maximum Gasteiger partial charge on any atom is 0.276 e. The summed E-state index contributed by atoms with van der Waals surface area (Å²) in [5, 5.41) is 2.78. The van der Waals surface area contributed by atoms with Gasteiger partial charge in [-0.3, -0.25) is 9.59 Å². The van der Waals surface area contributed by atoms with Gasteiger partial charge in [-0.05, 0) is 31.2 Å². The Morgan fingerprint density at radius 1 is 1.35 bits per heavy atom. The van der Waals surface area contributed by atoms with Crippen LogP contribution in [0.15, 0.2) is 34.9 Å². The van der Waals surface area contributed by atoms with Gasteiger partial charge in [-0.1, -0.05) is 0 Å². The summed E-state index contributed by atoms with van der Waals surface area (Å²) in [5.41, 5.74) is 0.208. The van der Waals surface area contributed by atoms with Crippen molar-refractivity contribution in [3.05, 3.63) is 42.1 Å². The molecule has 3 rings (SSSR count). The summed E-state index contributed by atoms with van der Waals surface area (Å²) in [5.74, 6) is 1.37. The number of amides is 2. The number of hydrogen-bond acceptors (Lipinski definition) is 6. The van der Waals surface area contributed by atoms with Crippen molar-refractivity contribution in [2.24, 2.45) is 0 Å². The lowest BCUT2D eigenvalue weighted by atomic mass is 10.2. The van der Waals surface area contributed by atoms with Gasteiger partial charge in [-0.2, -0.15) is 0 Å². The largest absolute Gasteiger partial charge is 0.497 e. The third-order valence-electron chi connectivity index (χ3n) is 4.16. The molecule has 26 heavy (non-hydrogen) atoms. The zero-order chi connectivity index (χ0) is 18.5. The summed E-state index contributed by atoms with van der Waals surface area (Å²) in [4.78, 5) is 30.0. The summed E-state index contributed by atoms with van der Waals surface area (Å²) in [6.07, 6.45) is 1.60. The second-order valence-corrected chi connectivity index (χ2v) is 5.99. The molecule has 1 aromatic heterocycles. The van der Waals surface area contributed by atoms with Gasteiger partial charge in [0.15, 0.2) is 12.3 Å². The molecule has 0 saturated carbocycles. The van der Waals surface area contributed by atoms with Gasteiger partial charge in [0.2, 0.25) is 11.8 Å². The number of nitrogens with one attached hydrogen (secondary N) is 1. The van der Waals surface area contributed by atoms with E-state index in [0.717, 1.165) is 5.75 Å². The van der Waals surface area contributed by atoms with Crippen molar-refractivity contribution in [3.8, 4) is 11.5 Å². The van der Waals surface area contributed by atoms with Gasteiger partial charge >= 0.3 is 0 Å². The fourth-order valence-electron chi connectivity index (χ4n) is 2.64. The highest BCUT2D eigenvalue weighted by atomic mass is 16.5. The summed E-state index contributed by atoms with van der Waals surface area (Å²) in [6, 6.07) is 7.02. The zero-order valence-corrected chi connectivity index (χ0v) is 14.7. The summed E-state index contributed by atoms with van der Waals surface area (Å²) in [7, 11) is 1.60. The van der Waals surface area contributed by atoms with Crippen molar-refractivity contribution in [1.29, 1.82) is 0 Å². The van der Waals surface area contributed by atoms with Crippen LogP contribution in [-0.4, -0.2) is 47.9 Å². The maximum absolute atomic E-state index is 12.6. The molecule has 1 fully saturated rings. The first-order valence-corrected chi connectivity index (χ1v) is 8.35. The molecular formula is C18H21N3O5. The minimum atomic E-state index is -0.256. The van der Waals surface area contributed by atoms with Crippen LogP contribution in [0.25, 0.3) is 0 Å². The Morgan fingerprint density at radius 2 is 2.08 bits per heavy atom. The molecule has 2 aromatic rings.